The topological polar surface area (TPSA) is 16.4 Å². The third kappa shape index (κ3) is 3.26. The second-order valence-corrected chi connectivity index (χ2v) is 10.1. The van der Waals surface area contributed by atoms with Crippen molar-refractivity contribution in [3.05, 3.63) is 88.0 Å². The van der Waals surface area contributed by atoms with Crippen LogP contribution in [0.1, 0.15) is 54.2 Å². The molecular weight excluding hydrogens is 378 g/mol. The maximum absolute atomic E-state index is 6.58. The summed E-state index contributed by atoms with van der Waals surface area (Å²) in [5, 5.41) is 1.24. The molecule has 1 aliphatic rings. The average molecular weight is 410 g/mol. The normalized spacial score (nSPS) is 13.8. The number of nitrogens with zero attached hydrogens (tertiary/aromatic N) is 1. The quantitative estimate of drug-likeness (QED) is 0.315. The van der Waals surface area contributed by atoms with Crippen molar-refractivity contribution < 1.29 is 4.42 Å². The van der Waals surface area contributed by atoms with Gasteiger partial charge in [-0.1, -0.05) is 62.7 Å². The highest BCUT2D eigenvalue weighted by Crippen LogP contribution is 2.48. The van der Waals surface area contributed by atoms with Gasteiger partial charge in [-0.2, -0.15) is 0 Å². The van der Waals surface area contributed by atoms with E-state index in [1.807, 2.05) is 0 Å². The number of fused-ring (bicyclic) bond motifs is 4. The number of hydrogen-bond acceptors (Lipinski definition) is 2. The van der Waals surface area contributed by atoms with Gasteiger partial charge in [0.25, 0.3) is 0 Å². The molecule has 5 rings (SSSR count). The lowest BCUT2D eigenvalue weighted by Crippen LogP contribution is -2.16. The van der Waals surface area contributed by atoms with Crippen molar-refractivity contribution >= 4 is 28.2 Å². The highest BCUT2D eigenvalue weighted by atomic mass is 16.4. The Morgan fingerprint density at radius 3 is 2.26 bits per heavy atom. The van der Waals surface area contributed by atoms with Gasteiger partial charge >= 0.3 is 0 Å². The maximum atomic E-state index is 6.58. The Balaban J connectivity index is 1.82. The third-order valence-corrected chi connectivity index (χ3v) is 6.59. The lowest BCUT2D eigenvalue weighted by molar-refractivity contribution is 0.589. The van der Waals surface area contributed by atoms with Crippen molar-refractivity contribution in [3.63, 3.8) is 0 Å². The molecule has 0 N–H and O–H groups in total. The van der Waals surface area contributed by atoms with Crippen LogP contribution in [0.25, 0.3) is 11.0 Å². The number of rotatable bonds is 1. The predicted octanol–water partition coefficient (Wildman–Crippen LogP) is 8.22. The average Bonchev–Trinajstić information content (AvgIpc) is 2.97. The standard InChI is InChI=1S/C29H31NO/c1-18-11-14-26-24(15-18)23-13-12-21-9-7-8-10-25(21)30(28(23)31-26)27-19(2)16-22(17-20(27)3)29(4,5)6/h7-11,14-17H,12-13H2,1-6H3. The van der Waals surface area contributed by atoms with Gasteiger partial charge in [-0.05, 0) is 79.5 Å². The fourth-order valence-corrected chi connectivity index (χ4v) is 4.94. The molecule has 2 heterocycles. The maximum Gasteiger partial charge on any atom is 0.209 e. The third-order valence-electron chi connectivity index (χ3n) is 6.59. The fraction of sp³-hybridized carbons (Fsp3) is 0.310. The molecule has 0 bridgehead atoms. The van der Waals surface area contributed by atoms with Gasteiger partial charge in [-0.15, -0.1) is 0 Å². The summed E-state index contributed by atoms with van der Waals surface area (Å²) in [7, 11) is 0. The van der Waals surface area contributed by atoms with Crippen LogP contribution in [-0.2, 0) is 18.3 Å². The first-order chi connectivity index (χ1) is 14.7. The second-order valence-electron chi connectivity index (χ2n) is 10.1. The zero-order valence-electron chi connectivity index (χ0n) is 19.5. The largest absolute Gasteiger partial charge is 0.439 e. The van der Waals surface area contributed by atoms with E-state index in [2.05, 4.69) is 101 Å². The minimum Gasteiger partial charge on any atom is -0.439 e. The molecule has 31 heavy (non-hydrogen) atoms. The minimum atomic E-state index is 0.118. The van der Waals surface area contributed by atoms with Crippen LogP contribution >= 0.6 is 0 Å². The molecule has 158 valence electrons. The number of hydrogen-bond donors (Lipinski definition) is 0. The second kappa shape index (κ2) is 7.02. The van der Waals surface area contributed by atoms with Crippen molar-refractivity contribution in [1.82, 2.24) is 0 Å². The van der Waals surface area contributed by atoms with Gasteiger partial charge < -0.3 is 4.42 Å². The summed E-state index contributed by atoms with van der Waals surface area (Å²) in [5.41, 5.74) is 11.4. The molecule has 0 spiro atoms. The first-order valence-electron chi connectivity index (χ1n) is 11.3. The molecule has 0 atom stereocenters. The summed E-state index contributed by atoms with van der Waals surface area (Å²) >= 11 is 0. The number of furan rings is 1. The van der Waals surface area contributed by atoms with Crippen LogP contribution in [0.4, 0.5) is 17.3 Å². The molecule has 2 heteroatoms. The lowest BCUT2D eigenvalue weighted by Gasteiger charge is -2.29. The molecule has 2 nitrogen and oxygen atoms in total. The predicted molar refractivity (Wildman–Crippen MR) is 131 cm³/mol. The number of anilines is 3. The van der Waals surface area contributed by atoms with Gasteiger partial charge in [0.2, 0.25) is 5.88 Å². The first-order valence-corrected chi connectivity index (χ1v) is 11.3. The van der Waals surface area contributed by atoms with Gasteiger partial charge in [-0.3, -0.25) is 4.90 Å². The number of aryl methyl sites for hydroxylation is 5. The van der Waals surface area contributed by atoms with Gasteiger partial charge in [-0.25, -0.2) is 0 Å². The van der Waals surface area contributed by atoms with E-state index < -0.39 is 0 Å². The molecular formula is C29H31NO. The molecule has 0 unspecified atom stereocenters. The van der Waals surface area contributed by atoms with Crippen LogP contribution in [0.3, 0.4) is 0 Å². The molecule has 3 aromatic carbocycles. The summed E-state index contributed by atoms with van der Waals surface area (Å²) in [5.74, 6) is 0.972. The van der Waals surface area contributed by atoms with E-state index in [9.17, 15) is 0 Å². The Morgan fingerprint density at radius 1 is 0.839 bits per heavy atom. The van der Waals surface area contributed by atoms with Crippen LogP contribution in [0.2, 0.25) is 0 Å². The van der Waals surface area contributed by atoms with Crippen LogP contribution in [0.15, 0.2) is 59.0 Å². The van der Waals surface area contributed by atoms with Gasteiger partial charge in [0, 0.05) is 10.9 Å². The Morgan fingerprint density at radius 2 is 1.55 bits per heavy atom. The fourth-order valence-electron chi connectivity index (χ4n) is 4.94. The van der Waals surface area contributed by atoms with Crippen molar-refractivity contribution in [2.24, 2.45) is 0 Å². The Labute approximate surface area is 185 Å². The molecule has 4 aromatic rings. The Bertz CT molecular complexity index is 1280. The van der Waals surface area contributed by atoms with Crippen molar-refractivity contribution in [1.29, 1.82) is 0 Å². The summed E-state index contributed by atoms with van der Waals surface area (Å²) in [6.07, 6.45) is 2.00. The molecule has 1 aromatic heterocycles. The molecule has 0 amide bonds. The van der Waals surface area contributed by atoms with Crippen LogP contribution in [0, 0.1) is 20.8 Å². The Hall–Kier alpha value is -3.00. The van der Waals surface area contributed by atoms with Crippen LogP contribution < -0.4 is 4.90 Å². The van der Waals surface area contributed by atoms with E-state index in [1.165, 1.54) is 50.1 Å². The van der Waals surface area contributed by atoms with E-state index in [0.29, 0.717) is 0 Å². The first kappa shape index (κ1) is 19.9. The van der Waals surface area contributed by atoms with Crippen LogP contribution in [0.5, 0.6) is 0 Å². The zero-order valence-corrected chi connectivity index (χ0v) is 19.5. The van der Waals surface area contributed by atoms with Crippen molar-refractivity contribution in [3.8, 4) is 0 Å². The van der Waals surface area contributed by atoms with Gasteiger partial charge in [0.1, 0.15) is 5.58 Å². The van der Waals surface area contributed by atoms with E-state index in [4.69, 9.17) is 4.42 Å². The Kier molecular flexibility index (Phi) is 4.51. The zero-order chi connectivity index (χ0) is 21.9. The summed E-state index contributed by atoms with van der Waals surface area (Å²) in [4.78, 5) is 2.38. The van der Waals surface area contributed by atoms with E-state index in [-0.39, 0.29) is 5.41 Å². The molecule has 0 aliphatic carbocycles. The highest BCUT2D eigenvalue weighted by Gasteiger charge is 2.30. The van der Waals surface area contributed by atoms with E-state index >= 15 is 0 Å². The molecule has 1 aliphatic heterocycles. The van der Waals surface area contributed by atoms with Gasteiger partial charge in [0.05, 0.1) is 11.4 Å². The van der Waals surface area contributed by atoms with E-state index in [1.54, 1.807) is 0 Å². The van der Waals surface area contributed by atoms with Crippen LogP contribution in [-0.4, -0.2) is 0 Å². The highest BCUT2D eigenvalue weighted by molar-refractivity contribution is 5.92. The lowest BCUT2D eigenvalue weighted by atomic mass is 9.84. The van der Waals surface area contributed by atoms with E-state index in [0.717, 1.165) is 24.3 Å². The summed E-state index contributed by atoms with van der Waals surface area (Å²) in [6, 6.07) is 20.0. The monoisotopic (exact) mass is 409 g/mol. The smallest absolute Gasteiger partial charge is 0.209 e. The molecule has 0 radical (unpaired) electrons. The SMILES string of the molecule is Cc1ccc2oc3c(c2c1)CCc1ccccc1N3c1c(C)cc(C(C)(C)C)cc1C. The van der Waals surface area contributed by atoms with Crippen molar-refractivity contribution in [2.75, 3.05) is 4.90 Å². The van der Waals surface area contributed by atoms with Crippen molar-refractivity contribution in [2.45, 2.75) is 59.8 Å². The molecule has 0 fully saturated rings. The van der Waals surface area contributed by atoms with Gasteiger partial charge in [0.15, 0.2) is 0 Å². The minimum absolute atomic E-state index is 0.118. The number of para-hydroxylation sites is 1. The summed E-state index contributed by atoms with van der Waals surface area (Å²) < 4.78 is 6.58. The summed E-state index contributed by atoms with van der Waals surface area (Å²) in [6.45, 7) is 13.5. The molecule has 0 saturated heterocycles. The number of benzene rings is 3. The molecule has 0 saturated carbocycles.